The molecule has 0 saturated heterocycles. The molecule has 30 heavy (non-hydrogen) atoms. The number of Topliss-reactive ketones (excluding diaryl/α,β-unsaturated/α-hetero) is 1. The maximum atomic E-state index is 12.6. The Balaban J connectivity index is 4.59. The molecule has 0 radical (unpaired) electrons. The summed E-state index contributed by atoms with van der Waals surface area (Å²) < 4.78 is 10.8. The normalized spacial score (nSPS) is 13.3. The average molecular weight is 448 g/mol. The van der Waals surface area contributed by atoms with Crippen molar-refractivity contribution in [3.05, 3.63) is 0 Å². The van der Waals surface area contributed by atoms with Crippen molar-refractivity contribution < 1.29 is 23.9 Å². The molecule has 2 amide bonds. The highest BCUT2D eigenvalue weighted by molar-refractivity contribution is 8.00. The number of hydrogen-bond donors (Lipinski definition) is 3. The van der Waals surface area contributed by atoms with Gasteiger partial charge >= 0.3 is 0 Å². The third kappa shape index (κ3) is 14.8. The second-order valence-corrected chi connectivity index (χ2v) is 9.15. The molecule has 9 heteroatoms. The monoisotopic (exact) mass is 447 g/mol. The summed E-state index contributed by atoms with van der Waals surface area (Å²) in [6.07, 6.45) is 0.925. The van der Waals surface area contributed by atoms with Crippen LogP contribution in [-0.4, -0.2) is 74.2 Å². The van der Waals surface area contributed by atoms with Crippen molar-refractivity contribution in [1.29, 1.82) is 0 Å². The molecule has 0 aliphatic heterocycles. The summed E-state index contributed by atoms with van der Waals surface area (Å²) in [4.78, 5) is 36.9. The zero-order valence-corrected chi connectivity index (χ0v) is 20.0. The first-order valence-corrected chi connectivity index (χ1v) is 11.8. The molecule has 0 aliphatic rings. The van der Waals surface area contributed by atoms with Gasteiger partial charge in [0.1, 0.15) is 0 Å². The minimum Gasteiger partial charge on any atom is -0.380 e. The predicted molar refractivity (Wildman–Crippen MR) is 121 cm³/mol. The topological polar surface area (TPSA) is 120 Å². The minimum absolute atomic E-state index is 0.0130. The second kappa shape index (κ2) is 17.5. The largest absolute Gasteiger partial charge is 0.380 e. The number of nitrogens with one attached hydrogen (secondary N) is 2. The molecular formula is C21H41N3O5S. The van der Waals surface area contributed by atoms with Crippen LogP contribution in [0.25, 0.3) is 0 Å². The van der Waals surface area contributed by atoms with Crippen molar-refractivity contribution in [2.24, 2.45) is 17.6 Å². The van der Waals surface area contributed by atoms with Gasteiger partial charge in [0, 0.05) is 44.4 Å². The number of amides is 2. The number of carbonyl (C=O) groups is 3. The highest BCUT2D eigenvalue weighted by Gasteiger charge is 2.25. The third-order valence-corrected chi connectivity index (χ3v) is 5.32. The molecule has 0 aromatic carbocycles. The molecule has 0 saturated carbocycles. The van der Waals surface area contributed by atoms with Gasteiger partial charge in [-0.1, -0.05) is 34.6 Å². The van der Waals surface area contributed by atoms with Gasteiger partial charge in [0.25, 0.3) is 0 Å². The summed E-state index contributed by atoms with van der Waals surface area (Å²) in [7, 11) is 0. The number of carbonyl (C=O) groups excluding carboxylic acids is 3. The van der Waals surface area contributed by atoms with E-state index in [4.69, 9.17) is 15.2 Å². The maximum Gasteiger partial charge on any atom is 0.233 e. The van der Waals surface area contributed by atoms with E-state index >= 15 is 0 Å². The van der Waals surface area contributed by atoms with Crippen LogP contribution < -0.4 is 16.4 Å². The van der Waals surface area contributed by atoms with E-state index in [0.29, 0.717) is 45.4 Å². The number of nitrogens with two attached hydrogens (primary N) is 1. The van der Waals surface area contributed by atoms with Crippen LogP contribution in [0.15, 0.2) is 0 Å². The molecule has 0 bridgehead atoms. The lowest BCUT2D eigenvalue weighted by atomic mass is 10.0. The summed E-state index contributed by atoms with van der Waals surface area (Å²) in [5.41, 5.74) is 5.95. The van der Waals surface area contributed by atoms with Crippen molar-refractivity contribution in [1.82, 2.24) is 10.6 Å². The van der Waals surface area contributed by atoms with E-state index in [1.54, 1.807) is 13.8 Å². The van der Waals surface area contributed by atoms with E-state index in [1.165, 1.54) is 11.8 Å². The number of hydrogen-bond acceptors (Lipinski definition) is 7. The van der Waals surface area contributed by atoms with Gasteiger partial charge in [-0.2, -0.15) is 0 Å². The van der Waals surface area contributed by atoms with Crippen LogP contribution in [0.4, 0.5) is 0 Å². The van der Waals surface area contributed by atoms with Crippen LogP contribution in [0.5, 0.6) is 0 Å². The minimum atomic E-state index is -0.661. The molecular weight excluding hydrogens is 406 g/mol. The fourth-order valence-electron chi connectivity index (χ4n) is 2.39. The number of rotatable bonds is 18. The zero-order valence-electron chi connectivity index (χ0n) is 19.2. The van der Waals surface area contributed by atoms with Gasteiger partial charge in [0.2, 0.25) is 11.8 Å². The van der Waals surface area contributed by atoms with Gasteiger partial charge in [0.15, 0.2) is 5.78 Å². The Morgan fingerprint density at radius 1 is 0.967 bits per heavy atom. The lowest BCUT2D eigenvalue weighted by molar-refractivity contribution is -0.126. The van der Waals surface area contributed by atoms with Gasteiger partial charge < -0.3 is 25.8 Å². The lowest BCUT2D eigenvalue weighted by Gasteiger charge is -2.19. The van der Waals surface area contributed by atoms with Gasteiger partial charge in [0.05, 0.1) is 24.5 Å². The molecule has 0 aromatic heterocycles. The third-order valence-electron chi connectivity index (χ3n) is 3.99. The van der Waals surface area contributed by atoms with E-state index in [0.717, 1.165) is 6.42 Å². The van der Waals surface area contributed by atoms with Crippen LogP contribution in [0, 0.1) is 11.8 Å². The molecule has 2 unspecified atom stereocenters. The molecule has 0 fully saturated rings. The first kappa shape index (κ1) is 28.8. The first-order chi connectivity index (χ1) is 14.2. The summed E-state index contributed by atoms with van der Waals surface area (Å²) in [6, 6.07) is -0.661. The van der Waals surface area contributed by atoms with Gasteiger partial charge in [-0.3, -0.25) is 14.4 Å². The average Bonchev–Trinajstić information content (AvgIpc) is 2.69. The fraction of sp³-hybridized carbons (Fsp3) is 0.857. The number of thioether (sulfide) groups is 1. The Labute approximate surface area is 185 Å². The predicted octanol–water partition coefficient (Wildman–Crippen LogP) is 1.36. The summed E-state index contributed by atoms with van der Waals surface area (Å²) in [5, 5.41) is 4.94. The Morgan fingerprint density at radius 2 is 1.60 bits per heavy atom. The highest BCUT2D eigenvalue weighted by Crippen LogP contribution is 2.17. The Bertz CT molecular complexity index is 503. The molecule has 0 spiro atoms. The molecule has 4 N–H and O–H groups in total. The lowest BCUT2D eigenvalue weighted by Crippen LogP contribution is -2.41. The van der Waals surface area contributed by atoms with Crippen molar-refractivity contribution in [3.63, 3.8) is 0 Å². The van der Waals surface area contributed by atoms with Gasteiger partial charge in [-0.05, 0) is 12.3 Å². The SMILES string of the molecule is CCCOCCNC(=O)C(CC(=O)NCCOCC(C)C)SCC(N)C(=O)C(C)C. The molecule has 2 atom stereocenters. The number of ether oxygens (including phenoxy) is 2. The molecule has 176 valence electrons. The first-order valence-electron chi connectivity index (χ1n) is 10.8. The zero-order chi connectivity index (χ0) is 22.9. The molecule has 0 rings (SSSR count). The Morgan fingerprint density at radius 3 is 2.20 bits per heavy atom. The van der Waals surface area contributed by atoms with E-state index in [1.807, 2.05) is 6.92 Å². The second-order valence-electron chi connectivity index (χ2n) is 7.91. The van der Waals surface area contributed by atoms with Crippen LogP contribution in [-0.2, 0) is 23.9 Å². The van der Waals surface area contributed by atoms with Crippen molar-refractivity contribution in [2.45, 2.75) is 58.8 Å². The van der Waals surface area contributed by atoms with E-state index in [2.05, 4.69) is 24.5 Å². The Kier molecular flexibility index (Phi) is 16.8. The van der Waals surface area contributed by atoms with Crippen LogP contribution in [0.2, 0.25) is 0 Å². The Hall–Kier alpha value is -1.16. The molecule has 8 nitrogen and oxygen atoms in total. The number of ketones is 1. The van der Waals surface area contributed by atoms with Crippen LogP contribution >= 0.6 is 11.8 Å². The van der Waals surface area contributed by atoms with Gasteiger partial charge in [-0.25, -0.2) is 0 Å². The smallest absolute Gasteiger partial charge is 0.233 e. The van der Waals surface area contributed by atoms with Crippen molar-refractivity contribution >= 4 is 29.4 Å². The summed E-state index contributed by atoms with van der Waals surface area (Å²) in [5.74, 6) is 0.00675. The molecule has 0 aliphatic carbocycles. The quantitative estimate of drug-likeness (QED) is 0.271. The molecule has 0 aromatic rings. The van der Waals surface area contributed by atoms with Crippen LogP contribution in [0.1, 0.15) is 47.5 Å². The van der Waals surface area contributed by atoms with Gasteiger partial charge in [-0.15, -0.1) is 11.8 Å². The molecule has 0 heterocycles. The van der Waals surface area contributed by atoms with Crippen LogP contribution in [0.3, 0.4) is 0 Å². The highest BCUT2D eigenvalue weighted by atomic mass is 32.2. The van der Waals surface area contributed by atoms with E-state index in [9.17, 15) is 14.4 Å². The maximum absolute atomic E-state index is 12.6. The van der Waals surface area contributed by atoms with E-state index < -0.39 is 11.3 Å². The summed E-state index contributed by atoms with van der Waals surface area (Å²) >= 11 is 1.24. The van der Waals surface area contributed by atoms with E-state index in [-0.39, 0.29) is 35.7 Å². The van der Waals surface area contributed by atoms with Crippen molar-refractivity contribution in [2.75, 3.05) is 45.3 Å². The summed E-state index contributed by atoms with van der Waals surface area (Å²) in [6.45, 7) is 12.6. The van der Waals surface area contributed by atoms with Crippen molar-refractivity contribution in [3.8, 4) is 0 Å². The standard InChI is InChI=1S/C21H41N3O5S/c1-6-9-28-10-8-24-21(27)18(30-14-17(22)20(26)16(4)5)12-19(25)23-7-11-29-13-15(2)3/h15-18H,6-14,22H2,1-5H3,(H,23,25)(H,24,27). The fourth-order valence-corrected chi connectivity index (χ4v) is 3.49.